The molecule has 1 rings (SSSR count). The fraction of sp³-hybridized carbons (Fsp3) is 0.600. The molecule has 24 heavy (non-hydrogen) atoms. The van der Waals surface area contributed by atoms with Crippen LogP contribution in [0.4, 0.5) is 0 Å². The minimum absolute atomic E-state index is 0.355. The summed E-state index contributed by atoms with van der Waals surface area (Å²) < 4.78 is 9.03. The number of rotatable bonds is 13. The molecule has 1 aromatic carbocycles. The van der Waals surface area contributed by atoms with Crippen molar-refractivity contribution >= 4 is 31.0 Å². The van der Waals surface area contributed by atoms with E-state index >= 15 is 0 Å². The van der Waals surface area contributed by atoms with Gasteiger partial charge >= 0.3 is 152 Å². The van der Waals surface area contributed by atoms with Crippen molar-refractivity contribution in [3.63, 3.8) is 0 Å². The summed E-state index contributed by atoms with van der Waals surface area (Å²) in [5.41, 5.74) is 1.37. The van der Waals surface area contributed by atoms with Gasteiger partial charge in [-0.2, -0.15) is 0 Å². The standard InChI is InChI=1S/C10H13.2C4H9.C2H2O3.Sn/c1-2-3-7-10-8-5-4-6-9-10;2*1-3-4-2;3-1-2(4)5;/h4-6,8-9H,1-3,7H2;2*1,3-4H2,2H3;1H,(H,4,5);/q;;;;+1/p-1. The molecule has 0 bridgehead atoms. The molecule has 0 saturated heterocycles. The van der Waals surface area contributed by atoms with E-state index in [2.05, 4.69) is 38.1 Å². The molecule has 0 aromatic heterocycles. The van der Waals surface area contributed by atoms with E-state index in [4.69, 9.17) is 3.07 Å². The van der Waals surface area contributed by atoms with Gasteiger partial charge in [0.2, 0.25) is 0 Å². The molecule has 134 valence electrons. The summed E-state index contributed by atoms with van der Waals surface area (Å²) in [5.74, 6) is -0.624. The molecule has 0 heterocycles. The zero-order chi connectivity index (χ0) is 17.7. The van der Waals surface area contributed by atoms with Crippen LogP contribution in [0.3, 0.4) is 0 Å². The molecule has 0 fully saturated rings. The second-order valence-electron chi connectivity index (χ2n) is 6.62. The summed E-state index contributed by atoms with van der Waals surface area (Å²) >= 11 is -3.00. The molecule has 3 nitrogen and oxygen atoms in total. The number of benzene rings is 1. The van der Waals surface area contributed by atoms with Crippen molar-refractivity contribution in [2.45, 2.75) is 72.1 Å². The fourth-order valence-corrected chi connectivity index (χ4v) is 15.8. The summed E-state index contributed by atoms with van der Waals surface area (Å²) in [5, 5.41) is 0. The van der Waals surface area contributed by atoms with E-state index < -0.39 is 24.8 Å². The van der Waals surface area contributed by atoms with Crippen LogP contribution < -0.4 is 0 Å². The number of carbonyl (C=O) groups is 2. The molecule has 0 atom stereocenters. The average molecular weight is 439 g/mol. The van der Waals surface area contributed by atoms with Crippen LogP contribution in [0.1, 0.15) is 57.9 Å². The predicted octanol–water partition coefficient (Wildman–Crippen LogP) is 5.30. The molecule has 0 amide bonds. The van der Waals surface area contributed by atoms with Crippen molar-refractivity contribution in [3.05, 3.63) is 35.9 Å². The number of hydrogen-bond donors (Lipinski definition) is 0. The van der Waals surface area contributed by atoms with Gasteiger partial charge in [0.1, 0.15) is 0 Å². The first-order valence-electron chi connectivity index (χ1n) is 9.38. The van der Waals surface area contributed by atoms with Gasteiger partial charge in [0.05, 0.1) is 0 Å². The number of aryl methyl sites for hydroxylation is 1. The Balaban J connectivity index is 2.62. The molecule has 0 radical (unpaired) electrons. The molecular formula is C20H32O3Sn. The summed E-state index contributed by atoms with van der Waals surface area (Å²) in [6.45, 7) is 4.35. The van der Waals surface area contributed by atoms with E-state index in [1.54, 1.807) is 0 Å². The van der Waals surface area contributed by atoms with Gasteiger partial charge in [-0.3, -0.25) is 0 Å². The number of aldehydes is 1. The van der Waals surface area contributed by atoms with E-state index in [1.807, 2.05) is 6.07 Å². The van der Waals surface area contributed by atoms with Crippen molar-refractivity contribution in [1.82, 2.24) is 0 Å². The van der Waals surface area contributed by atoms with Gasteiger partial charge in [-0.15, -0.1) is 0 Å². The second kappa shape index (κ2) is 12.5. The third-order valence-corrected chi connectivity index (χ3v) is 17.2. The van der Waals surface area contributed by atoms with Crippen molar-refractivity contribution in [3.8, 4) is 0 Å². The molecule has 0 N–H and O–H groups in total. The van der Waals surface area contributed by atoms with Gasteiger partial charge < -0.3 is 0 Å². The SMILES string of the molecule is CCC[CH2][Sn]([CH2]CCC)([CH2]CCCc1ccccc1)[O]C(=O)C=O. The first-order valence-corrected chi connectivity index (χ1v) is 16.6. The van der Waals surface area contributed by atoms with Crippen molar-refractivity contribution in [2.75, 3.05) is 0 Å². The van der Waals surface area contributed by atoms with E-state index in [-0.39, 0.29) is 0 Å². The molecule has 0 aliphatic carbocycles. The van der Waals surface area contributed by atoms with Crippen molar-refractivity contribution < 1.29 is 12.7 Å². The van der Waals surface area contributed by atoms with Crippen LogP contribution in [0.25, 0.3) is 0 Å². The van der Waals surface area contributed by atoms with Gasteiger partial charge in [0.15, 0.2) is 0 Å². The monoisotopic (exact) mass is 440 g/mol. The van der Waals surface area contributed by atoms with E-state index in [0.717, 1.165) is 58.3 Å². The maximum absolute atomic E-state index is 11.7. The van der Waals surface area contributed by atoms with E-state index in [0.29, 0.717) is 6.29 Å². The molecule has 0 unspecified atom stereocenters. The molecule has 1 aromatic rings. The van der Waals surface area contributed by atoms with Crippen LogP contribution in [0, 0.1) is 0 Å². The third kappa shape index (κ3) is 8.31. The van der Waals surface area contributed by atoms with Gasteiger partial charge in [0, 0.05) is 0 Å². The van der Waals surface area contributed by atoms with Gasteiger partial charge in [-0.25, -0.2) is 0 Å². The van der Waals surface area contributed by atoms with Gasteiger partial charge in [-0.1, -0.05) is 0 Å². The van der Waals surface area contributed by atoms with Crippen LogP contribution in [0.5, 0.6) is 0 Å². The molecular weight excluding hydrogens is 407 g/mol. The summed E-state index contributed by atoms with van der Waals surface area (Å²) in [6, 6.07) is 10.5. The van der Waals surface area contributed by atoms with Crippen molar-refractivity contribution in [2.24, 2.45) is 0 Å². The first-order chi connectivity index (χ1) is 11.7. The van der Waals surface area contributed by atoms with E-state index in [9.17, 15) is 9.59 Å². The number of hydrogen-bond acceptors (Lipinski definition) is 3. The quantitative estimate of drug-likeness (QED) is 0.182. The van der Waals surface area contributed by atoms with Crippen LogP contribution in [-0.2, 0) is 19.1 Å². The molecule has 0 saturated carbocycles. The Morgan fingerprint density at radius 3 is 2.08 bits per heavy atom. The third-order valence-electron chi connectivity index (χ3n) is 4.58. The zero-order valence-corrected chi connectivity index (χ0v) is 18.1. The Morgan fingerprint density at radius 2 is 1.54 bits per heavy atom. The van der Waals surface area contributed by atoms with Gasteiger partial charge in [0.25, 0.3) is 0 Å². The normalized spacial score (nSPS) is 11.2. The first kappa shape index (κ1) is 21.2. The van der Waals surface area contributed by atoms with Crippen LogP contribution in [0.2, 0.25) is 13.3 Å². The fourth-order valence-electron chi connectivity index (χ4n) is 3.18. The van der Waals surface area contributed by atoms with Crippen molar-refractivity contribution in [1.29, 1.82) is 0 Å². The van der Waals surface area contributed by atoms with E-state index in [1.165, 1.54) is 5.56 Å². The second-order valence-corrected chi connectivity index (χ2v) is 18.2. The number of carbonyl (C=O) groups excluding carboxylic acids is 2. The summed E-state index contributed by atoms with van der Waals surface area (Å²) in [6.07, 6.45) is 8.12. The Labute approximate surface area is 151 Å². The zero-order valence-electron chi connectivity index (χ0n) is 15.3. The Kier molecular flexibility index (Phi) is 11.1. The molecule has 0 aliphatic heterocycles. The van der Waals surface area contributed by atoms with Crippen LogP contribution >= 0.6 is 0 Å². The van der Waals surface area contributed by atoms with Crippen LogP contribution in [0.15, 0.2) is 30.3 Å². The average Bonchev–Trinajstić information content (AvgIpc) is 2.62. The summed E-state index contributed by atoms with van der Waals surface area (Å²) in [7, 11) is 0. The molecule has 0 spiro atoms. The molecule has 0 aliphatic rings. The minimum atomic E-state index is -3.00. The maximum atomic E-state index is 11.7. The Bertz CT molecular complexity index is 465. The predicted molar refractivity (Wildman–Crippen MR) is 102 cm³/mol. The van der Waals surface area contributed by atoms with Gasteiger partial charge in [-0.05, 0) is 0 Å². The summed E-state index contributed by atoms with van der Waals surface area (Å²) in [4.78, 5) is 22.5. The molecule has 4 heteroatoms. The number of unbranched alkanes of at least 4 members (excludes halogenated alkanes) is 3. The Morgan fingerprint density at radius 1 is 0.958 bits per heavy atom. The Hall–Kier alpha value is -0.841. The van der Waals surface area contributed by atoms with Crippen LogP contribution in [-0.4, -0.2) is 31.0 Å². The topological polar surface area (TPSA) is 43.4 Å².